The highest BCUT2D eigenvalue weighted by Gasteiger charge is 2.58. The number of aryl methyl sites for hydroxylation is 1. The number of nitrogens with zero attached hydrogens (tertiary/aromatic N) is 3. The normalized spacial score (nSPS) is 19.4. The first-order valence-electron chi connectivity index (χ1n) is 31.4. The predicted octanol–water partition coefficient (Wildman–Crippen LogP) is 19.8. The fourth-order valence-corrected chi connectivity index (χ4v) is 15.9. The number of hydrogen-bond donors (Lipinski definition) is 0. The molecule has 0 bridgehead atoms. The number of hydrogen-bond acceptors (Lipinski definition) is 3. The molecule has 0 N–H and O–H groups in total. The van der Waals surface area contributed by atoms with Gasteiger partial charge < -0.3 is 14.7 Å². The standard InChI is InChI=1S/C80H84BN3/c1-51-41-72-74-73(42-51)83(68-38-33-60(77(8,9)10)47-63(68)54-25-19-16-20-26-54)71-48-61(84-69-36-29-55(52-27-30-58(31-28-52)75(2,3)4)43-64(69)79(13)39-21-22-40-80(79,84)14)34-35-65(71)81(74)66-44-56-49-78(11,12)50-57(56)45-70(66)82(72)67-37-32-59(76(5,6)7)46-62(67)53-23-17-15-18-24-53/h15-20,23-38,41-48H,21-22,39-40,49-50H2,1-14H3. The van der Waals surface area contributed by atoms with E-state index in [1.54, 1.807) is 0 Å². The first-order valence-corrected chi connectivity index (χ1v) is 31.4. The van der Waals surface area contributed by atoms with Gasteiger partial charge in [0.05, 0.1) is 16.9 Å². The van der Waals surface area contributed by atoms with Gasteiger partial charge in [-0.25, -0.2) is 0 Å². The van der Waals surface area contributed by atoms with E-state index in [4.69, 9.17) is 0 Å². The highest BCUT2D eigenvalue weighted by atomic mass is 15.3. The number of benzene rings is 9. The lowest BCUT2D eigenvalue weighted by molar-refractivity contribution is 0.195. The molecule has 3 heterocycles. The molecule has 1 saturated carbocycles. The minimum Gasteiger partial charge on any atom is -0.334 e. The first kappa shape index (κ1) is 54.4. The topological polar surface area (TPSA) is 9.72 Å². The smallest absolute Gasteiger partial charge is 0.252 e. The molecule has 14 rings (SSSR count). The zero-order chi connectivity index (χ0) is 58.6. The molecule has 2 atom stereocenters. The molecule has 9 aromatic carbocycles. The Hall–Kier alpha value is -7.56. The van der Waals surface area contributed by atoms with E-state index in [1.807, 2.05) is 0 Å². The second kappa shape index (κ2) is 19.0. The summed E-state index contributed by atoms with van der Waals surface area (Å²) in [5.41, 5.74) is 31.5. The van der Waals surface area contributed by atoms with E-state index in [9.17, 15) is 0 Å². The highest BCUT2D eigenvalue weighted by Crippen LogP contribution is 2.62. The third kappa shape index (κ3) is 8.57. The van der Waals surface area contributed by atoms with Gasteiger partial charge in [0, 0.05) is 50.7 Å². The van der Waals surface area contributed by atoms with Crippen molar-refractivity contribution in [3.05, 3.63) is 221 Å². The fourth-order valence-electron chi connectivity index (χ4n) is 15.9. The highest BCUT2D eigenvalue weighted by molar-refractivity contribution is 7.00. The van der Waals surface area contributed by atoms with E-state index in [1.165, 1.54) is 147 Å². The van der Waals surface area contributed by atoms with Crippen LogP contribution in [0.3, 0.4) is 0 Å². The molecule has 1 fully saturated rings. The van der Waals surface area contributed by atoms with Gasteiger partial charge >= 0.3 is 0 Å². The van der Waals surface area contributed by atoms with Crippen LogP contribution in [0.5, 0.6) is 0 Å². The van der Waals surface area contributed by atoms with Crippen LogP contribution in [-0.2, 0) is 34.5 Å². The molecule has 0 radical (unpaired) electrons. The Labute approximate surface area is 502 Å². The Morgan fingerprint density at radius 1 is 0.405 bits per heavy atom. The van der Waals surface area contributed by atoms with Crippen molar-refractivity contribution in [1.29, 1.82) is 0 Å². The van der Waals surface area contributed by atoms with Crippen molar-refractivity contribution >= 4 is 68.6 Å². The summed E-state index contributed by atoms with van der Waals surface area (Å²) in [5, 5.41) is 0. The van der Waals surface area contributed by atoms with Crippen molar-refractivity contribution in [3.63, 3.8) is 0 Å². The number of rotatable bonds is 6. The average Bonchev–Trinajstić information content (AvgIpc) is 1.19. The van der Waals surface area contributed by atoms with Gasteiger partial charge in [-0.05, 0) is 206 Å². The van der Waals surface area contributed by atoms with Crippen molar-refractivity contribution in [1.82, 2.24) is 0 Å². The monoisotopic (exact) mass is 1100 g/mol. The molecule has 4 heteroatoms. The van der Waals surface area contributed by atoms with Gasteiger partial charge in [0.2, 0.25) is 0 Å². The minimum atomic E-state index is -0.147. The molecular formula is C80H84BN3. The maximum absolute atomic E-state index is 2.81. The van der Waals surface area contributed by atoms with Crippen molar-refractivity contribution in [2.45, 2.75) is 163 Å². The molecule has 3 aliphatic heterocycles. The van der Waals surface area contributed by atoms with Gasteiger partial charge in [0.15, 0.2) is 0 Å². The molecule has 2 unspecified atom stereocenters. The average molecular weight is 1100 g/mol. The molecule has 84 heavy (non-hydrogen) atoms. The molecule has 9 aromatic rings. The van der Waals surface area contributed by atoms with Gasteiger partial charge in [0.25, 0.3) is 6.71 Å². The lowest BCUT2D eigenvalue weighted by atomic mass is 9.33. The van der Waals surface area contributed by atoms with Gasteiger partial charge in [-0.15, -0.1) is 0 Å². The Kier molecular flexibility index (Phi) is 12.3. The second-order valence-corrected chi connectivity index (χ2v) is 30.2. The van der Waals surface area contributed by atoms with Gasteiger partial charge in [-0.3, -0.25) is 0 Å². The van der Waals surface area contributed by atoms with E-state index in [0.717, 1.165) is 25.7 Å². The third-order valence-corrected chi connectivity index (χ3v) is 20.7. The zero-order valence-corrected chi connectivity index (χ0v) is 52.5. The Balaban J connectivity index is 1.05. The maximum atomic E-state index is 2.81. The zero-order valence-electron chi connectivity index (χ0n) is 52.5. The van der Waals surface area contributed by atoms with Crippen molar-refractivity contribution < 1.29 is 0 Å². The lowest BCUT2D eigenvalue weighted by Gasteiger charge is -2.50. The summed E-state index contributed by atoms with van der Waals surface area (Å²) >= 11 is 0. The fraction of sp³-hybridized carbons (Fsp3) is 0.325. The van der Waals surface area contributed by atoms with E-state index in [-0.39, 0.29) is 39.3 Å². The van der Waals surface area contributed by atoms with E-state index in [2.05, 4.69) is 294 Å². The maximum Gasteiger partial charge on any atom is 0.252 e. The summed E-state index contributed by atoms with van der Waals surface area (Å²) in [6, 6.07) is 71.9. The van der Waals surface area contributed by atoms with Crippen LogP contribution in [-0.4, -0.2) is 12.3 Å². The lowest BCUT2D eigenvalue weighted by Crippen LogP contribution is -2.61. The Bertz CT molecular complexity index is 4110. The van der Waals surface area contributed by atoms with Crippen LogP contribution in [0, 0.1) is 12.3 Å². The molecule has 0 saturated heterocycles. The van der Waals surface area contributed by atoms with Crippen LogP contribution in [0.4, 0.5) is 45.5 Å². The minimum absolute atomic E-state index is 0.0205. The molecule has 0 aromatic heterocycles. The molecular weight excluding hydrogens is 1010 g/mol. The summed E-state index contributed by atoms with van der Waals surface area (Å²) < 4.78 is 0. The SMILES string of the molecule is Cc1cc2c3c(c1)N(c1ccc(C(C)(C)C)cc1-c1ccccc1)c1cc4c(cc1B3c1ccc(N3c5ccc(-c6ccc(C(C)(C)C)cc6)cc5C5(C)CCCCC35C)cc1N2c1ccc(C(C)(C)C)cc1-c1ccccc1)CC(C)(C)C4. The number of fused-ring (bicyclic) bond motifs is 8. The van der Waals surface area contributed by atoms with Crippen LogP contribution < -0.4 is 31.1 Å². The molecule has 5 aliphatic rings. The van der Waals surface area contributed by atoms with Gasteiger partial charge in [-0.1, -0.05) is 211 Å². The van der Waals surface area contributed by atoms with Crippen LogP contribution in [0.15, 0.2) is 182 Å². The van der Waals surface area contributed by atoms with E-state index >= 15 is 0 Å². The molecule has 422 valence electrons. The van der Waals surface area contributed by atoms with Crippen molar-refractivity contribution in [2.75, 3.05) is 14.7 Å². The quantitative estimate of drug-likeness (QED) is 0.154. The predicted molar refractivity (Wildman–Crippen MR) is 362 cm³/mol. The summed E-state index contributed by atoms with van der Waals surface area (Å²) in [6.45, 7) is 33.4. The van der Waals surface area contributed by atoms with Crippen LogP contribution >= 0.6 is 0 Å². The van der Waals surface area contributed by atoms with E-state index in [0.29, 0.717) is 0 Å². The molecule has 0 spiro atoms. The third-order valence-electron chi connectivity index (χ3n) is 20.7. The van der Waals surface area contributed by atoms with Crippen LogP contribution in [0.25, 0.3) is 33.4 Å². The first-order chi connectivity index (χ1) is 39.9. The molecule has 2 aliphatic carbocycles. The summed E-state index contributed by atoms with van der Waals surface area (Å²) in [5.74, 6) is 0. The summed E-state index contributed by atoms with van der Waals surface area (Å²) in [7, 11) is 0. The second-order valence-electron chi connectivity index (χ2n) is 30.2. The van der Waals surface area contributed by atoms with Crippen molar-refractivity contribution in [3.8, 4) is 33.4 Å². The largest absolute Gasteiger partial charge is 0.334 e. The Morgan fingerprint density at radius 2 is 0.905 bits per heavy atom. The van der Waals surface area contributed by atoms with Crippen LogP contribution in [0.1, 0.15) is 155 Å². The van der Waals surface area contributed by atoms with Gasteiger partial charge in [-0.2, -0.15) is 0 Å². The summed E-state index contributed by atoms with van der Waals surface area (Å²) in [4.78, 5) is 8.21. The van der Waals surface area contributed by atoms with Crippen LogP contribution in [0.2, 0.25) is 0 Å². The van der Waals surface area contributed by atoms with Crippen molar-refractivity contribution in [2.24, 2.45) is 5.41 Å². The van der Waals surface area contributed by atoms with Gasteiger partial charge in [0.1, 0.15) is 0 Å². The summed E-state index contributed by atoms with van der Waals surface area (Å²) in [6.07, 6.45) is 6.87. The number of anilines is 8. The Morgan fingerprint density at radius 3 is 1.46 bits per heavy atom. The molecule has 3 nitrogen and oxygen atoms in total. The molecule has 0 amide bonds. The van der Waals surface area contributed by atoms with E-state index < -0.39 is 0 Å².